The number of sulfonamides is 1. The highest BCUT2D eigenvalue weighted by molar-refractivity contribution is 7.92. The molecule has 36 heavy (non-hydrogen) atoms. The van der Waals surface area contributed by atoms with E-state index in [2.05, 4.69) is 21.5 Å². The first-order valence-electron chi connectivity index (χ1n) is 10.6. The van der Waals surface area contributed by atoms with Gasteiger partial charge in [-0.25, -0.2) is 36.5 Å². The van der Waals surface area contributed by atoms with Crippen LogP contribution in [0.15, 0.2) is 60.1 Å². The van der Waals surface area contributed by atoms with Gasteiger partial charge in [-0.1, -0.05) is 39.5 Å². The third-order valence-electron chi connectivity index (χ3n) is 5.04. The molecule has 0 spiro atoms. The molecular weight excluding hydrogens is 509 g/mol. The molecule has 0 atom stereocenters. The van der Waals surface area contributed by atoms with Gasteiger partial charge < -0.3 is 0 Å². The predicted octanol–water partition coefficient (Wildman–Crippen LogP) is 6.43. The van der Waals surface area contributed by atoms with Crippen molar-refractivity contribution in [3.8, 4) is 21.8 Å². The standard InChI is InChI=1S/C25H21F3N4O2S2/c1-5-19-29-13-12-18(30-19)22-21(31-24(35-22)25(2,3)4)14-8-6-11-17(20(14)28)32-36(33,34)23-15(26)9-7-10-16(23)27/h5-13,32H,1H2,2-4H3. The topological polar surface area (TPSA) is 84.8 Å². The highest BCUT2D eigenvalue weighted by atomic mass is 32.2. The van der Waals surface area contributed by atoms with Crippen molar-refractivity contribution in [2.45, 2.75) is 31.1 Å². The molecule has 4 rings (SSSR count). The van der Waals surface area contributed by atoms with Gasteiger partial charge in [0.15, 0.2) is 16.5 Å². The Morgan fingerprint density at radius 3 is 2.31 bits per heavy atom. The second kappa shape index (κ2) is 9.47. The van der Waals surface area contributed by atoms with E-state index in [1.807, 2.05) is 25.5 Å². The summed E-state index contributed by atoms with van der Waals surface area (Å²) in [5.41, 5.74) is -0.133. The first-order chi connectivity index (χ1) is 16.9. The zero-order valence-corrected chi connectivity index (χ0v) is 21.1. The molecule has 11 heteroatoms. The number of halogens is 3. The molecule has 0 aliphatic rings. The van der Waals surface area contributed by atoms with Gasteiger partial charge in [0.2, 0.25) is 0 Å². The van der Waals surface area contributed by atoms with Crippen molar-refractivity contribution in [3.05, 3.63) is 83.5 Å². The lowest BCUT2D eigenvalue weighted by Crippen LogP contribution is -2.17. The molecule has 2 aromatic heterocycles. The molecule has 6 nitrogen and oxygen atoms in total. The van der Waals surface area contributed by atoms with Crippen molar-refractivity contribution in [2.24, 2.45) is 0 Å². The van der Waals surface area contributed by atoms with Crippen LogP contribution in [0.3, 0.4) is 0 Å². The molecule has 0 aliphatic carbocycles. The minimum atomic E-state index is -4.77. The van der Waals surface area contributed by atoms with Gasteiger partial charge in [-0.15, -0.1) is 11.3 Å². The average Bonchev–Trinajstić information content (AvgIpc) is 3.26. The van der Waals surface area contributed by atoms with Crippen molar-refractivity contribution in [1.29, 1.82) is 0 Å². The number of thiazole rings is 1. The molecule has 0 saturated carbocycles. The molecule has 0 unspecified atom stereocenters. The van der Waals surface area contributed by atoms with E-state index in [0.717, 1.165) is 24.3 Å². The summed E-state index contributed by atoms with van der Waals surface area (Å²) < 4.78 is 71.5. The zero-order valence-electron chi connectivity index (χ0n) is 19.5. The average molecular weight is 531 g/mol. The summed E-state index contributed by atoms with van der Waals surface area (Å²) in [5, 5.41) is 0.699. The third-order valence-corrected chi connectivity index (χ3v) is 7.96. The molecule has 0 aliphatic heterocycles. The van der Waals surface area contributed by atoms with Crippen LogP contribution in [-0.2, 0) is 15.4 Å². The summed E-state index contributed by atoms with van der Waals surface area (Å²) >= 11 is 1.32. The van der Waals surface area contributed by atoms with Gasteiger partial charge in [-0.3, -0.25) is 4.72 Å². The SMILES string of the molecule is C=Cc1nccc(-c2sc(C(C)(C)C)nc2-c2cccc(NS(=O)(=O)c3c(F)cccc3F)c2F)n1. The molecule has 2 heterocycles. The van der Waals surface area contributed by atoms with Gasteiger partial charge in [-0.2, -0.15) is 0 Å². The van der Waals surface area contributed by atoms with Crippen molar-refractivity contribution in [2.75, 3.05) is 4.72 Å². The van der Waals surface area contributed by atoms with Crippen molar-refractivity contribution in [3.63, 3.8) is 0 Å². The Morgan fingerprint density at radius 2 is 1.67 bits per heavy atom. The number of hydrogen-bond donors (Lipinski definition) is 1. The first kappa shape index (κ1) is 25.5. The molecular formula is C25H21F3N4O2S2. The predicted molar refractivity (Wildman–Crippen MR) is 134 cm³/mol. The fourth-order valence-corrected chi connectivity index (χ4v) is 5.63. The summed E-state index contributed by atoms with van der Waals surface area (Å²) in [6.07, 6.45) is 3.02. The van der Waals surface area contributed by atoms with Crippen LogP contribution in [-0.4, -0.2) is 23.4 Å². The molecule has 1 N–H and O–H groups in total. The van der Waals surface area contributed by atoms with Crippen LogP contribution in [0, 0.1) is 17.5 Å². The van der Waals surface area contributed by atoms with E-state index in [4.69, 9.17) is 0 Å². The van der Waals surface area contributed by atoms with E-state index >= 15 is 4.39 Å². The van der Waals surface area contributed by atoms with Gasteiger partial charge in [0.25, 0.3) is 10.0 Å². The van der Waals surface area contributed by atoms with E-state index in [-0.39, 0.29) is 16.7 Å². The molecule has 186 valence electrons. The van der Waals surface area contributed by atoms with E-state index in [9.17, 15) is 17.2 Å². The van der Waals surface area contributed by atoms with E-state index in [1.165, 1.54) is 29.5 Å². The number of rotatable bonds is 6. The number of aromatic nitrogens is 3. The Kier molecular flexibility index (Phi) is 6.72. The van der Waals surface area contributed by atoms with Crippen LogP contribution in [0.2, 0.25) is 0 Å². The summed E-state index contributed by atoms with van der Waals surface area (Å²) in [7, 11) is -4.77. The van der Waals surface area contributed by atoms with Crippen molar-refractivity contribution >= 4 is 33.1 Å². The van der Waals surface area contributed by atoms with Crippen LogP contribution in [0.1, 0.15) is 31.6 Å². The Balaban J connectivity index is 1.86. The van der Waals surface area contributed by atoms with Crippen LogP contribution in [0.25, 0.3) is 27.9 Å². The van der Waals surface area contributed by atoms with Gasteiger partial charge in [0.05, 0.1) is 27.0 Å². The first-order valence-corrected chi connectivity index (χ1v) is 12.9. The van der Waals surface area contributed by atoms with Crippen LogP contribution < -0.4 is 4.72 Å². The molecule has 0 bridgehead atoms. The molecule has 0 saturated heterocycles. The second-order valence-electron chi connectivity index (χ2n) is 8.77. The van der Waals surface area contributed by atoms with Gasteiger partial charge >= 0.3 is 0 Å². The van der Waals surface area contributed by atoms with Gasteiger partial charge in [-0.05, 0) is 36.4 Å². The minimum Gasteiger partial charge on any atom is -0.276 e. The Hall–Kier alpha value is -3.57. The highest BCUT2D eigenvalue weighted by Gasteiger charge is 2.28. The van der Waals surface area contributed by atoms with Crippen molar-refractivity contribution in [1.82, 2.24) is 15.0 Å². The normalized spacial score (nSPS) is 11.9. The third kappa shape index (κ3) is 4.89. The monoisotopic (exact) mass is 530 g/mol. The molecule has 2 aromatic carbocycles. The maximum absolute atomic E-state index is 15.8. The van der Waals surface area contributed by atoms with Crippen LogP contribution in [0.4, 0.5) is 18.9 Å². The number of hydrogen-bond acceptors (Lipinski definition) is 6. The van der Waals surface area contributed by atoms with Gasteiger partial charge in [0, 0.05) is 17.2 Å². The highest BCUT2D eigenvalue weighted by Crippen LogP contribution is 2.42. The Bertz CT molecular complexity index is 1560. The van der Waals surface area contributed by atoms with Crippen LogP contribution >= 0.6 is 11.3 Å². The number of benzene rings is 2. The van der Waals surface area contributed by atoms with Gasteiger partial charge in [0.1, 0.15) is 11.6 Å². The molecule has 0 radical (unpaired) electrons. The summed E-state index contributed by atoms with van der Waals surface area (Å²) in [6, 6.07) is 8.32. The largest absolute Gasteiger partial charge is 0.276 e. The minimum absolute atomic E-state index is 0.00952. The quantitative estimate of drug-likeness (QED) is 0.311. The lowest BCUT2D eigenvalue weighted by atomic mass is 9.98. The summed E-state index contributed by atoms with van der Waals surface area (Å²) in [4.78, 5) is 12.5. The Labute approximate surface area is 210 Å². The van der Waals surface area contributed by atoms with Crippen LogP contribution in [0.5, 0.6) is 0 Å². The summed E-state index contributed by atoms with van der Waals surface area (Å²) in [5.74, 6) is -3.17. The molecule has 0 amide bonds. The smallest absolute Gasteiger partial charge is 0.267 e. The fourth-order valence-electron chi connectivity index (χ4n) is 3.32. The number of nitrogens with zero attached hydrogens (tertiary/aromatic N) is 3. The maximum Gasteiger partial charge on any atom is 0.267 e. The van der Waals surface area contributed by atoms with E-state index < -0.39 is 38.1 Å². The summed E-state index contributed by atoms with van der Waals surface area (Å²) in [6.45, 7) is 9.54. The van der Waals surface area contributed by atoms with E-state index in [1.54, 1.807) is 12.3 Å². The molecule has 4 aromatic rings. The van der Waals surface area contributed by atoms with Crippen molar-refractivity contribution < 1.29 is 21.6 Å². The maximum atomic E-state index is 15.8. The second-order valence-corrected chi connectivity index (χ2v) is 11.4. The fraction of sp³-hybridized carbons (Fsp3) is 0.160. The lowest BCUT2D eigenvalue weighted by molar-refractivity contribution is 0.521. The number of anilines is 1. The number of nitrogens with one attached hydrogen (secondary N) is 1. The lowest BCUT2D eigenvalue weighted by Gasteiger charge is -2.14. The molecule has 0 fully saturated rings. The van der Waals surface area contributed by atoms with E-state index in [0.29, 0.717) is 21.4 Å². The zero-order chi connectivity index (χ0) is 26.3. The Morgan fingerprint density at radius 1 is 1.00 bits per heavy atom.